The SMILES string of the molecule is CC(=CCC(=O)OC1=C(O)[C@@H]([C@@H](O)CO)OC1=O)CCCC(C)CCCC(C)C. The van der Waals surface area contributed by atoms with Crippen molar-refractivity contribution in [2.24, 2.45) is 11.8 Å². The highest BCUT2D eigenvalue weighted by Gasteiger charge is 2.41. The fourth-order valence-electron chi connectivity index (χ4n) is 3.17. The van der Waals surface area contributed by atoms with E-state index in [9.17, 15) is 19.8 Å². The average Bonchev–Trinajstić information content (AvgIpc) is 2.93. The summed E-state index contributed by atoms with van der Waals surface area (Å²) in [7, 11) is 0. The standard InChI is InChI=1S/C22H36O7/c1-14(2)7-5-8-15(3)9-6-10-16(4)11-12-18(25)28-21-19(26)20(17(24)13-23)29-22(21)27/h11,14-15,17,20,23-24,26H,5-10,12-13H2,1-4H3/t15?,17-,20+/m0/s1. The Kier molecular flexibility index (Phi) is 11.0. The lowest BCUT2D eigenvalue weighted by molar-refractivity contribution is -0.153. The number of cyclic esters (lactones) is 1. The average molecular weight is 413 g/mol. The summed E-state index contributed by atoms with van der Waals surface area (Å²) in [6, 6.07) is 0. The Balaban J connectivity index is 2.38. The molecule has 1 rings (SSSR count). The second-order valence-corrected chi connectivity index (χ2v) is 8.34. The summed E-state index contributed by atoms with van der Waals surface area (Å²) >= 11 is 0. The monoisotopic (exact) mass is 412 g/mol. The molecule has 0 radical (unpaired) electrons. The van der Waals surface area contributed by atoms with E-state index in [0.29, 0.717) is 5.92 Å². The van der Waals surface area contributed by atoms with Crippen LogP contribution in [-0.4, -0.2) is 46.1 Å². The summed E-state index contributed by atoms with van der Waals surface area (Å²) in [4.78, 5) is 23.6. The van der Waals surface area contributed by atoms with Crippen molar-refractivity contribution in [2.75, 3.05) is 6.61 Å². The van der Waals surface area contributed by atoms with Crippen LogP contribution >= 0.6 is 0 Å². The van der Waals surface area contributed by atoms with Crippen LogP contribution in [0.5, 0.6) is 0 Å². The molecule has 3 atom stereocenters. The normalized spacial score (nSPS) is 19.5. The first-order valence-corrected chi connectivity index (χ1v) is 10.4. The second-order valence-electron chi connectivity index (χ2n) is 8.34. The highest BCUT2D eigenvalue weighted by Crippen LogP contribution is 2.25. The molecule has 7 nitrogen and oxygen atoms in total. The highest BCUT2D eigenvalue weighted by molar-refractivity contribution is 5.92. The second kappa shape index (κ2) is 12.6. The van der Waals surface area contributed by atoms with Crippen molar-refractivity contribution in [3.63, 3.8) is 0 Å². The summed E-state index contributed by atoms with van der Waals surface area (Å²) in [6.07, 6.45) is 5.69. The Morgan fingerprint density at radius 1 is 1.21 bits per heavy atom. The maximum absolute atomic E-state index is 12.0. The van der Waals surface area contributed by atoms with Crippen LogP contribution in [0.25, 0.3) is 0 Å². The maximum atomic E-state index is 12.0. The molecule has 3 N–H and O–H groups in total. The molecule has 7 heteroatoms. The lowest BCUT2D eigenvalue weighted by Crippen LogP contribution is -2.31. The molecule has 0 fully saturated rings. The van der Waals surface area contributed by atoms with E-state index in [1.54, 1.807) is 6.08 Å². The molecule has 29 heavy (non-hydrogen) atoms. The minimum absolute atomic E-state index is 0.0347. The number of aliphatic hydroxyl groups is 3. The zero-order valence-electron chi connectivity index (χ0n) is 18.0. The van der Waals surface area contributed by atoms with Crippen LogP contribution < -0.4 is 0 Å². The van der Waals surface area contributed by atoms with Crippen molar-refractivity contribution in [1.82, 2.24) is 0 Å². The molecule has 1 unspecified atom stereocenters. The van der Waals surface area contributed by atoms with Gasteiger partial charge in [-0.1, -0.05) is 58.1 Å². The molecule has 0 saturated heterocycles. The van der Waals surface area contributed by atoms with Crippen molar-refractivity contribution in [3.05, 3.63) is 23.2 Å². The van der Waals surface area contributed by atoms with Crippen LogP contribution in [0.3, 0.4) is 0 Å². The maximum Gasteiger partial charge on any atom is 0.378 e. The molecule has 0 spiro atoms. The molecule has 0 aromatic carbocycles. The summed E-state index contributed by atoms with van der Waals surface area (Å²) in [6.45, 7) is 8.01. The Labute approximate surface area is 173 Å². The predicted octanol–water partition coefficient (Wildman–Crippen LogP) is 3.55. The third-order valence-corrected chi connectivity index (χ3v) is 5.04. The third kappa shape index (κ3) is 9.00. The molecule has 0 aromatic heterocycles. The fourth-order valence-corrected chi connectivity index (χ4v) is 3.17. The Morgan fingerprint density at radius 3 is 2.48 bits per heavy atom. The van der Waals surface area contributed by atoms with Gasteiger partial charge in [0.15, 0.2) is 11.9 Å². The fraction of sp³-hybridized carbons (Fsp3) is 0.727. The van der Waals surface area contributed by atoms with Crippen molar-refractivity contribution in [1.29, 1.82) is 0 Å². The zero-order chi connectivity index (χ0) is 22.0. The van der Waals surface area contributed by atoms with E-state index in [4.69, 9.17) is 14.6 Å². The van der Waals surface area contributed by atoms with Crippen LogP contribution in [0, 0.1) is 11.8 Å². The molecule has 0 aliphatic carbocycles. The van der Waals surface area contributed by atoms with Gasteiger partial charge in [0.25, 0.3) is 5.76 Å². The lowest BCUT2D eigenvalue weighted by atomic mass is 9.94. The van der Waals surface area contributed by atoms with Gasteiger partial charge in [0.05, 0.1) is 13.0 Å². The third-order valence-electron chi connectivity index (χ3n) is 5.04. The largest absolute Gasteiger partial charge is 0.505 e. The van der Waals surface area contributed by atoms with E-state index in [1.165, 1.54) is 19.3 Å². The van der Waals surface area contributed by atoms with Gasteiger partial charge in [0.1, 0.15) is 6.10 Å². The van der Waals surface area contributed by atoms with Gasteiger partial charge in [-0.2, -0.15) is 0 Å². The summed E-state index contributed by atoms with van der Waals surface area (Å²) in [5.41, 5.74) is 1.07. The minimum Gasteiger partial charge on any atom is -0.505 e. The summed E-state index contributed by atoms with van der Waals surface area (Å²) < 4.78 is 9.61. The molecule has 0 saturated carbocycles. The van der Waals surface area contributed by atoms with E-state index in [-0.39, 0.29) is 6.42 Å². The van der Waals surface area contributed by atoms with Crippen LogP contribution in [-0.2, 0) is 19.1 Å². The summed E-state index contributed by atoms with van der Waals surface area (Å²) in [5, 5.41) is 28.3. The van der Waals surface area contributed by atoms with Crippen LogP contribution in [0.2, 0.25) is 0 Å². The Hall–Kier alpha value is -1.86. The topological polar surface area (TPSA) is 113 Å². The minimum atomic E-state index is -1.48. The van der Waals surface area contributed by atoms with Gasteiger partial charge < -0.3 is 24.8 Å². The van der Waals surface area contributed by atoms with Crippen LogP contribution in [0.4, 0.5) is 0 Å². The predicted molar refractivity (Wildman–Crippen MR) is 109 cm³/mol. The van der Waals surface area contributed by atoms with E-state index >= 15 is 0 Å². The van der Waals surface area contributed by atoms with Gasteiger partial charge in [-0.3, -0.25) is 4.79 Å². The highest BCUT2D eigenvalue weighted by atomic mass is 16.6. The molecular weight excluding hydrogens is 376 g/mol. The molecular formula is C22H36O7. The first-order chi connectivity index (χ1) is 13.6. The number of allylic oxidation sites excluding steroid dienone is 1. The van der Waals surface area contributed by atoms with Gasteiger partial charge in [0.2, 0.25) is 0 Å². The first-order valence-electron chi connectivity index (χ1n) is 10.4. The lowest BCUT2D eigenvalue weighted by Gasteiger charge is -2.13. The Bertz CT molecular complexity index is 606. The number of esters is 2. The van der Waals surface area contributed by atoms with Gasteiger partial charge in [0, 0.05) is 0 Å². The first kappa shape index (κ1) is 25.2. The number of carbonyl (C=O) groups is 2. The number of hydrogen-bond acceptors (Lipinski definition) is 7. The van der Waals surface area contributed by atoms with Crippen molar-refractivity contribution < 1.29 is 34.4 Å². The smallest absolute Gasteiger partial charge is 0.378 e. The number of aliphatic hydroxyl groups excluding tert-OH is 3. The van der Waals surface area contributed by atoms with E-state index in [0.717, 1.165) is 30.8 Å². The molecule has 166 valence electrons. The molecule has 0 bridgehead atoms. The van der Waals surface area contributed by atoms with Crippen LogP contribution in [0.1, 0.15) is 72.6 Å². The quantitative estimate of drug-likeness (QED) is 0.313. The number of hydrogen-bond donors (Lipinski definition) is 3. The van der Waals surface area contributed by atoms with Crippen molar-refractivity contribution in [2.45, 2.75) is 84.8 Å². The van der Waals surface area contributed by atoms with Crippen LogP contribution in [0.15, 0.2) is 23.2 Å². The summed E-state index contributed by atoms with van der Waals surface area (Å²) in [5.74, 6) is -1.62. The van der Waals surface area contributed by atoms with E-state index in [1.807, 2.05) is 6.92 Å². The molecule has 0 amide bonds. The molecule has 0 aromatic rings. The molecule has 1 heterocycles. The van der Waals surface area contributed by atoms with E-state index in [2.05, 4.69) is 20.8 Å². The van der Waals surface area contributed by atoms with Gasteiger partial charge in [-0.25, -0.2) is 4.79 Å². The van der Waals surface area contributed by atoms with Gasteiger partial charge >= 0.3 is 11.9 Å². The van der Waals surface area contributed by atoms with Crippen molar-refractivity contribution in [3.8, 4) is 0 Å². The zero-order valence-corrected chi connectivity index (χ0v) is 18.0. The Morgan fingerprint density at radius 2 is 1.86 bits per heavy atom. The van der Waals surface area contributed by atoms with Gasteiger partial charge in [-0.05, 0) is 31.6 Å². The van der Waals surface area contributed by atoms with E-state index < -0.39 is 42.3 Å². The number of rotatable bonds is 13. The van der Waals surface area contributed by atoms with Gasteiger partial charge in [-0.15, -0.1) is 0 Å². The number of carbonyl (C=O) groups excluding carboxylic acids is 2. The number of ether oxygens (including phenoxy) is 2. The molecule has 1 aliphatic heterocycles. The molecule has 1 aliphatic rings. The van der Waals surface area contributed by atoms with Crippen molar-refractivity contribution >= 4 is 11.9 Å².